The molecule has 2 rings (SSSR count). The largest absolute Gasteiger partial charge is 0.478 e. The van der Waals surface area contributed by atoms with Crippen LogP contribution in [0.3, 0.4) is 0 Å². The van der Waals surface area contributed by atoms with Gasteiger partial charge in [-0.15, -0.1) is 0 Å². The molecule has 6 heteroatoms. The van der Waals surface area contributed by atoms with E-state index in [9.17, 15) is 14.3 Å². The Morgan fingerprint density at radius 1 is 1.50 bits per heavy atom. The van der Waals surface area contributed by atoms with Gasteiger partial charge < -0.3 is 15.7 Å². The SMILES string of the molecule is CCN1CCN(c2ccc(F)c(N)c2C(=O)O)CC1C. The molecule has 0 amide bonds. The molecule has 3 N–H and O–H groups in total. The first-order chi connectivity index (χ1) is 9.45. The Bertz CT molecular complexity index is 521. The van der Waals surface area contributed by atoms with Crippen molar-refractivity contribution in [2.45, 2.75) is 19.9 Å². The molecule has 1 heterocycles. The van der Waals surface area contributed by atoms with Gasteiger partial charge in [0.25, 0.3) is 0 Å². The van der Waals surface area contributed by atoms with Gasteiger partial charge in [0.2, 0.25) is 0 Å². The molecular weight excluding hydrogens is 261 g/mol. The summed E-state index contributed by atoms with van der Waals surface area (Å²) in [7, 11) is 0. The molecule has 0 radical (unpaired) electrons. The average Bonchev–Trinajstić information content (AvgIpc) is 2.41. The van der Waals surface area contributed by atoms with Crippen LogP contribution in [0.4, 0.5) is 15.8 Å². The molecular formula is C14H20FN3O2. The summed E-state index contributed by atoms with van der Waals surface area (Å²) >= 11 is 0. The van der Waals surface area contributed by atoms with E-state index in [0.29, 0.717) is 24.8 Å². The third-order valence-electron chi connectivity index (χ3n) is 3.90. The minimum atomic E-state index is -1.19. The van der Waals surface area contributed by atoms with Crippen LogP contribution in [0.2, 0.25) is 0 Å². The lowest BCUT2D eigenvalue weighted by Crippen LogP contribution is -2.52. The first-order valence-corrected chi connectivity index (χ1v) is 6.76. The zero-order valence-corrected chi connectivity index (χ0v) is 11.8. The van der Waals surface area contributed by atoms with Gasteiger partial charge in [0, 0.05) is 25.7 Å². The maximum absolute atomic E-state index is 13.5. The van der Waals surface area contributed by atoms with Gasteiger partial charge in [-0.25, -0.2) is 9.18 Å². The van der Waals surface area contributed by atoms with Crippen LogP contribution in [0.15, 0.2) is 12.1 Å². The topological polar surface area (TPSA) is 69.8 Å². The standard InChI is InChI=1S/C14H20FN3O2/c1-3-17-6-7-18(8-9(17)2)11-5-4-10(15)13(16)12(11)14(19)20/h4-5,9H,3,6-8,16H2,1-2H3,(H,19,20). The summed E-state index contributed by atoms with van der Waals surface area (Å²) in [5, 5.41) is 9.28. The van der Waals surface area contributed by atoms with Crippen LogP contribution < -0.4 is 10.6 Å². The van der Waals surface area contributed by atoms with Gasteiger partial charge in [0.05, 0.1) is 11.4 Å². The molecule has 0 spiro atoms. The van der Waals surface area contributed by atoms with Crippen molar-refractivity contribution in [3.63, 3.8) is 0 Å². The first kappa shape index (κ1) is 14.6. The van der Waals surface area contributed by atoms with Gasteiger partial charge in [-0.1, -0.05) is 6.92 Å². The van der Waals surface area contributed by atoms with Gasteiger partial charge in [-0.2, -0.15) is 0 Å². The second-order valence-electron chi connectivity index (χ2n) is 5.08. The fourth-order valence-corrected chi connectivity index (χ4v) is 2.75. The molecule has 1 fully saturated rings. The molecule has 0 bridgehead atoms. The van der Waals surface area contributed by atoms with E-state index in [1.807, 2.05) is 4.90 Å². The van der Waals surface area contributed by atoms with Crippen LogP contribution in [0.25, 0.3) is 0 Å². The zero-order chi connectivity index (χ0) is 14.9. The van der Waals surface area contributed by atoms with Crippen molar-refractivity contribution in [2.24, 2.45) is 0 Å². The molecule has 0 aromatic heterocycles. The number of likely N-dealkylation sites (N-methyl/N-ethyl adjacent to an activating group) is 1. The Balaban J connectivity index is 2.34. The highest BCUT2D eigenvalue weighted by Gasteiger charge is 2.27. The highest BCUT2D eigenvalue weighted by Crippen LogP contribution is 2.29. The Morgan fingerprint density at radius 3 is 2.75 bits per heavy atom. The van der Waals surface area contributed by atoms with E-state index in [2.05, 4.69) is 18.7 Å². The van der Waals surface area contributed by atoms with E-state index in [1.54, 1.807) is 0 Å². The molecule has 5 nitrogen and oxygen atoms in total. The summed E-state index contributed by atoms with van der Waals surface area (Å²) in [5.41, 5.74) is 5.66. The predicted molar refractivity (Wildman–Crippen MR) is 76.7 cm³/mol. The number of carbonyl (C=O) groups is 1. The number of hydrogen-bond donors (Lipinski definition) is 2. The number of aromatic carboxylic acids is 1. The molecule has 1 aromatic rings. The van der Waals surface area contributed by atoms with Gasteiger partial charge in [-0.3, -0.25) is 4.90 Å². The number of nitrogens with zero attached hydrogens (tertiary/aromatic N) is 2. The van der Waals surface area contributed by atoms with Crippen LogP contribution in [0.1, 0.15) is 24.2 Å². The molecule has 0 aliphatic carbocycles. The van der Waals surface area contributed by atoms with E-state index in [1.165, 1.54) is 12.1 Å². The Labute approximate surface area is 117 Å². The molecule has 110 valence electrons. The Morgan fingerprint density at radius 2 is 2.20 bits per heavy atom. The maximum atomic E-state index is 13.5. The van der Waals surface area contributed by atoms with Crippen LogP contribution in [-0.2, 0) is 0 Å². The normalized spacial score (nSPS) is 20.1. The molecule has 1 saturated heterocycles. The van der Waals surface area contributed by atoms with Crippen molar-refractivity contribution in [3.05, 3.63) is 23.5 Å². The lowest BCUT2D eigenvalue weighted by atomic mass is 10.1. The van der Waals surface area contributed by atoms with E-state index >= 15 is 0 Å². The predicted octanol–water partition coefficient (Wildman–Crippen LogP) is 1.64. The van der Waals surface area contributed by atoms with Crippen LogP contribution >= 0.6 is 0 Å². The van der Waals surface area contributed by atoms with Crippen molar-refractivity contribution < 1.29 is 14.3 Å². The average molecular weight is 281 g/mol. The van der Waals surface area contributed by atoms with E-state index < -0.39 is 11.8 Å². The third kappa shape index (κ3) is 2.56. The Kier molecular flexibility index (Phi) is 4.13. The maximum Gasteiger partial charge on any atom is 0.340 e. The summed E-state index contributed by atoms with van der Waals surface area (Å²) in [6, 6.07) is 3.05. The smallest absolute Gasteiger partial charge is 0.340 e. The van der Waals surface area contributed by atoms with E-state index in [0.717, 1.165) is 13.1 Å². The number of hydrogen-bond acceptors (Lipinski definition) is 4. The summed E-state index contributed by atoms with van der Waals surface area (Å²) < 4.78 is 13.5. The second-order valence-corrected chi connectivity index (χ2v) is 5.08. The second kappa shape index (κ2) is 5.66. The number of benzene rings is 1. The quantitative estimate of drug-likeness (QED) is 0.824. The minimum absolute atomic E-state index is 0.137. The van der Waals surface area contributed by atoms with Crippen molar-refractivity contribution in [1.82, 2.24) is 4.90 Å². The Hall–Kier alpha value is -1.82. The summed E-state index contributed by atoms with van der Waals surface area (Å²) in [4.78, 5) is 15.6. The zero-order valence-electron chi connectivity index (χ0n) is 11.8. The lowest BCUT2D eigenvalue weighted by Gasteiger charge is -2.41. The summed E-state index contributed by atoms with van der Waals surface area (Å²) in [6.07, 6.45) is 0. The fraction of sp³-hybridized carbons (Fsp3) is 0.500. The molecule has 1 aliphatic heterocycles. The number of piperazine rings is 1. The monoisotopic (exact) mass is 281 g/mol. The van der Waals surface area contributed by atoms with Gasteiger partial charge in [0.1, 0.15) is 11.4 Å². The first-order valence-electron chi connectivity index (χ1n) is 6.76. The highest BCUT2D eigenvalue weighted by atomic mass is 19.1. The lowest BCUT2D eigenvalue weighted by molar-refractivity contribution is 0.0698. The number of halogens is 1. The van der Waals surface area contributed by atoms with Crippen LogP contribution in [0.5, 0.6) is 0 Å². The van der Waals surface area contributed by atoms with Crippen LogP contribution in [0, 0.1) is 5.82 Å². The molecule has 1 aliphatic rings. The fourth-order valence-electron chi connectivity index (χ4n) is 2.75. The number of nitrogens with two attached hydrogens (primary N) is 1. The van der Waals surface area contributed by atoms with E-state index in [-0.39, 0.29) is 11.3 Å². The molecule has 1 aromatic carbocycles. The van der Waals surface area contributed by atoms with Gasteiger partial charge in [0.15, 0.2) is 0 Å². The number of anilines is 2. The molecule has 20 heavy (non-hydrogen) atoms. The van der Waals surface area contributed by atoms with Gasteiger partial charge >= 0.3 is 5.97 Å². The van der Waals surface area contributed by atoms with Crippen LogP contribution in [-0.4, -0.2) is 48.2 Å². The number of rotatable bonds is 3. The third-order valence-corrected chi connectivity index (χ3v) is 3.90. The highest BCUT2D eigenvalue weighted by molar-refractivity contribution is 6.00. The number of carboxylic acid groups (broad SMARTS) is 1. The molecule has 0 saturated carbocycles. The number of carboxylic acids is 1. The van der Waals surface area contributed by atoms with Gasteiger partial charge in [-0.05, 0) is 25.6 Å². The van der Waals surface area contributed by atoms with E-state index in [4.69, 9.17) is 5.73 Å². The summed E-state index contributed by atoms with van der Waals surface area (Å²) in [6.45, 7) is 7.44. The van der Waals surface area contributed by atoms with Crippen molar-refractivity contribution in [2.75, 3.05) is 36.8 Å². The molecule has 1 unspecified atom stereocenters. The van der Waals surface area contributed by atoms with Crippen molar-refractivity contribution in [1.29, 1.82) is 0 Å². The van der Waals surface area contributed by atoms with Crippen molar-refractivity contribution >= 4 is 17.3 Å². The molecule has 1 atom stereocenters. The summed E-state index contributed by atoms with van der Waals surface area (Å²) in [5.74, 6) is -1.88. The minimum Gasteiger partial charge on any atom is -0.478 e. The van der Waals surface area contributed by atoms with Crippen molar-refractivity contribution in [3.8, 4) is 0 Å². The number of nitrogen functional groups attached to an aromatic ring is 1.